The number of hydrogen-bond donors (Lipinski definition) is 2. The summed E-state index contributed by atoms with van der Waals surface area (Å²) in [7, 11) is 1.66. The maximum absolute atomic E-state index is 13.0. The van der Waals surface area contributed by atoms with Crippen LogP contribution in [0, 0.1) is 12.7 Å². The predicted molar refractivity (Wildman–Crippen MR) is 68.6 cm³/mol. The van der Waals surface area contributed by atoms with E-state index in [0.717, 1.165) is 5.56 Å². The molecule has 1 aromatic carbocycles. The molecule has 0 bridgehead atoms. The second-order valence-corrected chi connectivity index (χ2v) is 4.22. The number of nitrogens with one attached hydrogen (secondary N) is 1. The molecule has 0 fully saturated rings. The summed E-state index contributed by atoms with van der Waals surface area (Å²) in [6, 6.07) is 6.13. The fourth-order valence-corrected chi connectivity index (χ4v) is 1.95. The zero-order valence-electron chi connectivity index (χ0n) is 10.6. The summed E-state index contributed by atoms with van der Waals surface area (Å²) in [5.74, 6) is -0.944. The van der Waals surface area contributed by atoms with Gasteiger partial charge in [-0.2, -0.15) is 5.10 Å². The predicted octanol–water partition coefficient (Wildman–Crippen LogP) is 2.18. The topological polar surface area (TPSA) is 67.2 Å². The summed E-state index contributed by atoms with van der Waals surface area (Å²) in [6.45, 7) is 1.97. The van der Waals surface area contributed by atoms with Gasteiger partial charge < -0.3 is 10.4 Å². The van der Waals surface area contributed by atoms with Crippen LogP contribution in [0.25, 0.3) is 0 Å². The second-order valence-electron chi connectivity index (χ2n) is 4.22. The lowest BCUT2D eigenvalue weighted by Gasteiger charge is -2.08. The fourth-order valence-electron chi connectivity index (χ4n) is 1.95. The summed E-state index contributed by atoms with van der Waals surface area (Å²) in [5, 5.41) is 16.2. The monoisotopic (exact) mass is 263 g/mol. The number of halogens is 1. The average molecular weight is 263 g/mol. The van der Waals surface area contributed by atoms with Crippen LogP contribution < -0.4 is 5.32 Å². The Labute approximate surface area is 109 Å². The number of hydrogen-bond acceptors (Lipinski definition) is 3. The maximum atomic E-state index is 13.0. The van der Waals surface area contributed by atoms with Gasteiger partial charge in [-0.25, -0.2) is 9.18 Å². The van der Waals surface area contributed by atoms with E-state index in [1.807, 2.05) is 0 Å². The third kappa shape index (κ3) is 2.73. The zero-order chi connectivity index (χ0) is 14.0. The van der Waals surface area contributed by atoms with Gasteiger partial charge in [0.15, 0.2) is 0 Å². The normalized spacial score (nSPS) is 10.5. The van der Waals surface area contributed by atoms with Crippen molar-refractivity contribution in [2.24, 2.45) is 7.05 Å². The van der Waals surface area contributed by atoms with Gasteiger partial charge in [-0.15, -0.1) is 0 Å². The Kier molecular flexibility index (Phi) is 3.50. The molecule has 0 unspecified atom stereocenters. The van der Waals surface area contributed by atoms with E-state index in [9.17, 15) is 9.18 Å². The van der Waals surface area contributed by atoms with Crippen molar-refractivity contribution in [2.45, 2.75) is 13.5 Å². The molecule has 0 amide bonds. The van der Waals surface area contributed by atoms with Crippen LogP contribution in [0.3, 0.4) is 0 Å². The zero-order valence-corrected chi connectivity index (χ0v) is 10.6. The molecule has 0 aliphatic carbocycles. The summed E-state index contributed by atoms with van der Waals surface area (Å²) < 4.78 is 14.5. The fraction of sp³-hybridized carbons (Fsp3) is 0.231. The van der Waals surface area contributed by atoms with E-state index in [0.29, 0.717) is 18.1 Å². The van der Waals surface area contributed by atoms with Crippen molar-refractivity contribution in [1.82, 2.24) is 9.78 Å². The number of benzene rings is 1. The molecule has 2 N–H and O–H groups in total. The SMILES string of the molecule is Cc1nn(C)c(NCc2cccc(F)c2)c1C(=O)O. The van der Waals surface area contributed by atoms with Crippen LogP contribution in [0.1, 0.15) is 21.6 Å². The first-order chi connectivity index (χ1) is 8.99. The van der Waals surface area contributed by atoms with Crippen molar-refractivity contribution in [2.75, 3.05) is 5.32 Å². The molecule has 1 aromatic heterocycles. The third-order valence-electron chi connectivity index (χ3n) is 2.79. The number of aromatic carboxylic acids is 1. The highest BCUT2D eigenvalue weighted by atomic mass is 19.1. The summed E-state index contributed by atoms with van der Waals surface area (Å²) in [4.78, 5) is 11.2. The Hall–Kier alpha value is -2.37. The van der Waals surface area contributed by atoms with E-state index in [2.05, 4.69) is 10.4 Å². The molecule has 0 aliphatic rings. The Bertz CT molecular complexity index is 622. The van der Waals surface area contributed by atoms with E-state index < -0.39 is 5.97 Å². The second kappa shape index (κ2) is 5.09. The molecule has 0 atom stereocenters. The van der Waals surface area contributed by atoms with Crippen LogP contribution in [-0.2, 0) is 13.6 Å². The first-order valence-electron chi connectivity index (χ1n) is 5.74. The number of carboxylic acid groups (broad SMARTS) is 1. The van der Waals surface area contributed by atoms with Crippen LogP contribution >= 0.6 is 0 Å². The first kappa shape index (κ1) is 13.1. The Balaban J connectivity index is 2.22. The molecule has 2 aromatic rings. The molecular weight excluding hydrogens is 249 g/mol. The van der Waals surface area contributed by atoms with Crippen molar-refractivity contribution in [1.29, 1.82) is 0 Å². The van der Waals surface area contributed by atoms with Gasteiger partial charge >= 0.3 is 5.97 Å². The Morgan fingerprint density at radius 3 is 2.89 bits per heavy atom. The molecular formula is C13H14FN3O2. The maximum Gasteiger partial charge on any atom is 0.341 e. The van der Waals surface area contributed by atoms with E-state index in [-0.39, 0.29) is 11.4 Å². The number of rotatable bonds is 4. The van der Waals surface area contributed by atoms with E-state index in [1.165, 1.54) is 16.8 Å². The lowest BCUT2D eigenvalue weighted by Crippen LogP contribution is -2.09. The number of aryl methyl sites for hydroxylation is 2. The van der Waals surface area contributed by atoms with Crippen LogP contribution in [0.4, 0.5) is 10.2 Å². The smallest absolute Gasteiger partial charge is 0.341 e. The standard InChI is InChI=1S/C13H14FN3O2/c1-8-11(13(18)19)12(17(2)16-8)15-7-9-4-3-5-10(14)6-9/h3-6,15H,7H2,1-2H3,(H,18,19). The first-order valence-corrected chi connectivity index (χ1v) is 5.74. The van der Waals surface area contributed by atoms with Gasteiger partial charge in [-0.3, -0.25) is 4.68 Å². The minimum Gasteiger partial charge on any atom is -0.477 e. The minimum absolute atomic E-state index is 0.138. The van der Waals surface area contributed by atoms with E-state index in [4.69, 9.17) is 5.11 Å². The van der Waals surface area contributed by atoms with Crippen LogP contribution in [0.15, 0.2) is 24.3 Å². The third-order valence-corrected chi connectivity index (χ3v) is 2.79. The van der Waals surface area contributed by atoms with Crippen molar-refractivity contribution < 1.29 is 14.3 Å². The van der Waals surface area contributed by atoms with Crippen molar-refractivity contribution >= 4 is 11.8 Å². The Morgan fingerprint density at radius 1 is 1.53 bits per heavy atom. The number of carboxylic acids is 1. The number of anilines is 1. The average Bonchev–Trinajstić information content (AvgIpc) is 2.61. The highest BCUT2D eigenvalue weighted by Crippen LogP contribution is 2.19. The molecule has 2 rings (SSSR count). The van der Waals surface area contributed by atoms with Crippen LogP contribution in [-0.4, -0.2) is 20.9 Å². The Morgan fingerprint density at radius 2 is 2.26 bits per heavy atom. The molecule has 0 saturated heterocycles. The van der Waals surface area contributed by atoms with E-state index >= 15 is 0 Å². The van der Waals surface area contributed by atoms with Crippen molar-refractivity contribution in [3.8, 4) is 0 Å². The quantitative estimate of drug-likeness (QED) is 0.887. The molecule has 0 radical (unpaired) electrons. The highest BCUT2D eigenvalue weighted by Gasteiger charge is 2.19. The van der Waals surface area contributed by atoms with Crippen molar-refractivity contribution in [3.63, 3.8) is 0 Å². The van der Waals surface area contributed by atoms with Gasteiger partial charge in [-0.1, -0.05) is 12.1 Å². The summed E-state index contributed by atoms with van der Waals surface area (Å²) in [5.41, 5.74) is 1.31. The van der Waals surface area contributed by atoms with Gasteiger partial charge in [-0.05, 0) is 24.6 Å². The van der Waals surface area contributed by atoms with Gasteiger partial charge in [0, 0.05) is 13.6 Å². The van der Waals surface area contributed by atoms with Crippen molar-refractivity contribution in [3.05, 3.63) is 46.9 Å². The molecule has 0 saturated carbocycles. The summed E-state index contributed by atoms with van der Waals surface area (Å²) >= 11 is 0. The van der Waals surface area contributed by atoms with Gasteiger partial charge in [0.2, 0.25) is 0 Å². The number of carbonyl (C=O) groups is 1. The van der Waals surface area contributed by atoms with Gasteiger partial charge in [0.1, 0.15) is 17.2 Å². The van der Waals surface area contributed by atoms with Gasteiger partial charge in [0.05, 0.1) is 5.69 Å². The lowest BCUT2D eigenvalue weighted by atomic mass is 10.2. The number of nitrogens with zero attached hydrogens (tertiary/aromatic N) is 2. The van der Waals surface area contributed by atoms with Crippen LogP contribution in [0.2, 0.25) is 0 Å². The molecule has 6 heteroatoms. The van der Waals surface area contributed by atoms with Crippen LogP contribution in [0.5, 0.6) is 0 Å². The highest BCUT2D eigenvalue weighted by molar-refractivity contribution is 5.94. The van der Waals surface area contributed by atoms with E-state index in [1.54, 1.807) is 26.1 Å². The molecule has 19 heavy (non-hydrogen) atoms. The minimum atomic E-state index is -1.03. The molecule has 0 spiro atoms. The molecule has 100 valence electrons. The molecule has 5 nitrogen and oxygen atoms in total. The molecule has 1 heterocycles. The molecule has 0 aliphatic heterocycles. The lowest BCUT2D eigenvalue weighted by molar-refractivity contribution is 0.0697. The number of aromatic nitrogens is 2. The van der Waals surface area contributed by atoms with Gasteiger partial charge in [0.25, 0.3) is 0 Å². The summed E-state index contributed by atoms with van der Waals surface area (Å²) in [6.07, 6.45) is 0. The largest absolute Gasteiger partial charge is 0.477 e.